The summed E-state index contributed by atoms with van der Waals surface area (Å²) >= 11 is 6.06. The van der Waals surface area contributed by atoms with Crippen LogP contribution in [0, 0.1) is 0 Å². The Balaban J connectivity index is 1.72. The zero-order chi connectivity index (χ0) is 30.5. The molecule has 3 heterocycles. The molecule has 1 aromatic heterocycles. The van der Waals surface area contributed by atoms with Gasteiger partial charge in [0.05, 0.1) is 33.5 Å². The summed E-state index contributed by atoms with van der Waals surface area (Å²) in [6.45, 7) is -1.07. The largest absolute Gasteiger partial charge is 0.508 e. The number of aromatic nitrogens is 2. The molecular weight excluding hydrogens is 609 g/mol. The van der Waals surface area contributed by atoms with Gasteiger partial charge in [0.25, 0.3) is 5.56 Å². The highest BCUT2D eigenvalue weighted by molar-refractivity contribution is 7.48. The number of aromatic amines is 1. The molecule has 2 aliphatic heterocycles. The fourth-order valence-corrected chi connectivity index (χ4v) is 5.77. The monoisotopic (exact) mass is 631 g/mol. The van der Waals surface area contributed by atoms with Crippen LogP contribution in [0.2, 0.25) is 5.02 Å². The molecule has 1 aromatic carbocycles. The zero-order valence-electron chi connectivity index (χ0n) is 21.8. The fraction of sp³-hybridized carbons (Fsp3) is 0.455. The molecule has 20 heteroatoms. The molecule has 0 radical (unpaired) electrons. The molecule has 2 saturated heterocycles. The molecule has 2 aromatic rings. The van der Waals surface area contributed by atoms with E-state index in [-0.39, 0.29) is 13.0 Å². The molecule has 0 bridgehead atoms. The van der Waals surface area contributed by atoms with E-state index >= 15 is 0 Å². The third-order valence-corrected chi connectivity index (χ3v) is 7.70. The molecule has 0 spiro atoms. The smallest absolute Gasteiger partial charge is 0.438 e. The van der Waals surface area contributed by atoms with Gasteiger partial charge in [-0.1, -0.05) is 28.8 Å². The summed E-state index contributed by atoms with van der Waals surface area (Å²) in [5.74, 6) is 0. The topological polar surface area (TPSA) is 229 Å². The Morgan fingerprint density at radius 2 is 1.98 bits per heavy atom. The quantitative estimate of drug-likeness (QED) is 0.145. The van der Waals surface area contributed by atoms with Crippen LogP contribution in [0.1, 0.15) is 24.3 Å². The summed E-state index contributed by atoms with van der Waals surface area (Å²) in [6.07, 6.45) is -7.62. The first-order valence-electron chi connectivity index (χ1n) is 11.9. The van der Waals surface area contributed by atoms with Gasteiger partial charge in [0.2, 0.25) is 5.72 Å². The van der Waals surface area contributed by atoms with Crippen molar-refractivity contribution in [3.8, 4) is 0 Å². The summed E-state index contributed by atoms with van der Waals surface area (Å²) in [4.78, 5) is 53.4. The number of carbonyl (C=O) groups excluding carboxylic acids is 2. The number of nitrogens with zero attached hydrogens (tertiary/aromatic N) is 4. The van der Waals surface area contributed by atoms with Crippen molar-refractivity contribution in [2.45, 2.75) is 36.7 Å². The van der Waals surface area contributed by atoms with Crippen LogP contribution >= 0.6 is 19.4 Å². The van der Waals surface area contributed by atoms with Gasteiger partial charge in [-0.05, 0) is 23.2 Å². The van der Waals surface area contributed by atoms with Crippen molar-refractivity contribution in [3.05, 3.63) is 78.4 Å². The second kappa shape index (κ2) is 13.0. The second-order valence-corrected chi connectivity index (χ2v) is 10.6. The van der Waals surface area contributed by atoms with Crippen molar-refractivity contribution in [3.63, 3.8) is 0 Å². The number of nitrogens with one attached hydrogen (secondary N) is 1. The minimum Gasteiger partial charge on any atom is -0.438 e. The molecule has 6 atom stereocenters. The SMILES string of the molecule is COC(=O)O[C@H]1C(n2ccc(=O)[nH]c2=O)O[C@@](CO[P@@]2(=O)OCC[C@@H](c3cccc(Cl)c3)O2)(N=[N+]=[N-])[C@H]1OC(=O)OC. The van der Waals surface area contributed by atoms with E-state index in [4.69, 9.17) is 39.4 Å². The molecule has 2 aliphatic rings. The van der Waals surface area contributed by atoms with Crippen LogP contribution in [-0.4, -0.2) is 67.2 Å². The lowest BCUT2D eigenvalue weighted by molar-refractivity contribution is -0.131. The van der Waals surface area contributed by atoms with Crippen molar-refractivity contribution in [2.24, 2.45) is 5.11 Å². The molecule has 0 aliphatic carbocycles. The maximum absolute atomic E-state index is 13.5. The first-order valence-corrected chi connectivity index (χ1v) is 13.7. The van der Waals surface area contributed by atoms with Crippen molar-refractivity contribution in [2.75, 3.05) is 27.4 Å². The molecular formula is C22H23ClN5O13P. The summed E-state index contributed by atoms with van der Waals surface area (Å²) in [6, 6.07) is 7.54. The van der Waals surface area contributed by atoms with E-state index in [9.17, 15) is 29.3 Å². The number of azide groups is 1. The fourth-order valence-electron chi connectivity index (χ4n) is 4.17. The lowest BCUT2D eigenvalue weighted by atomic mass is 10.1. The van der Waals surface area contributed by atoms with Crippen LogP contribution in [0.3, 0.4) is 0 Å². The Bertz CT molecular complexity index is 1540. The normalized spacial score (nSPS) is 28.7. The molecule has 0 saturated carbocycles. The first-order chi connectivity index (χ1) is 20.0. The van der Waals surface area contributed by atoms with E-state index in [0.717, 1.165) is 31.0 Å². The Morgan fingerprint density at radius 3 is 2.64 bits per heavy atom. The zero-order valence-corrected chi connectivity index (χ0v) is 23.5. The maximum Gasteiger partial charge on any atom is 0.508 e. The molecule has 4 rings (SSSR count). The summed E-state index contributed by atoms with van der Waals surface area (Å²) in [7, 11) is -2.49. The first kappa shape index (κ1) is 31.1. The lowest BCUT2D eigenvalue weighted by Gasteiger charge is -2.33. The molecule has 1 N–H and O–H groups in total. The number of hydrogen-bond acceptors (Lipinski definition) is 14. The molecule has 226 valence electrons. The van der Waals surface area contributed by atoms with Gasteiger partial charge in [-0.3, -0.25) is 27.9 Å². The average molecular weight is 632 g/mol. The number of rotatable bonds is 8. The van der Waals surface area contributed by atoms with Crippen LogP contribution in [0.25, 0.3) is 10.4 Å². The second-order valence-electron chi connectivity index (χ2n) is 8.58. The van der Waals surface area contributed by atoms with E-state index in [1.807, 2.05) is 4.98 Å². The van der Waals surface area contributed by atoms with Crippen LogP contribution < -0.4 is 11.2 Å². The van der Waals surface area contributed by atoms with Crippen molar-refractivity contribution < 1.29 is 51.4 Å². The van der Waals surface area contributed by atoms with Gasteiger partial charge in [0, 0.05) is 28.6 Å². The Labute approximate surface area is 240 Å². The number of phosphoric acid groups is 1. The number of halogens is 1. The van der Waals surface area contributed by atoms with E-state index in [2.05, 4.69) is 19.5 Å². The van der Waals surface area contributed by atoms with Gasteiger partial charge in [-0.15, -0.1) is 0 Å². The van der Waals surface area contributed by atoms with Gasteiger partial charge in [-0.25, -0.2) is 18.9 Å². The number of benzene rings is 1. The summed E-state index contributed by atoms with van der Waals surface area (Å²) < 4.78 is 56.0. The van der Waals surface area contributed by atoms with Crippen molar-refractivity contribution in [1.29, 1.82) is 0 Å². The minimum absolute atomic E-state index is 0.0740. The van der Waals surface area contributed by atoms with Crippen LogP contribution in [0.5, 0.6) is 0 Å². The van der Waals surface area contributed by atoms with Gasteiger partial charge in [-0.2, -0.15) is 0 Å². The van der Waals surface area contributed by atoms with Gasteiger partial charge < -0.3 is 23.7 Å². The van der Waals surface area contributed by atoms with Gasteiger partial charge in [0.1, 0.15) is 0 Å². The molecule has 2 fully saturated rings. The van der Waals surface area contributed by atoms with Crippen molar-refractivity contribution >= 4 is 31.7 Å². The third-order valence-electron chi connectivity index (χ3n) is 6.01. The van der Waals surface area contributed by atoms with Crippen LogP contribution in [0.4, 0.5) is 9.59 Å². The number of hydrogen-bond donors (Lipinski definition) is 1. The predicted octanol–water partition coefficient (Wildman–Crippen LogP) is 3.33. The van der Waals surface area contributed by atoms with Crippen LogP contribution in [0.15, 0.2) is 51.2 Å². The van der Waals surface area contributed by atoms with Crippen LogP contribution in [-0.2, 0) is 41.8 Å². The minimum atomic E-state index is -4.42. The molecule has 42 heavy (non-hydrogen) atoms. The van der Waals surface area contributed by atoms with E-state index in [1.165, 1.54) is 0 Å². The lowest BCUT2D eigenvalue weighted by Crippen LogP contribution is -2.49. The van der Waals surface area contributed by atoms with E-state index in [1.54, 1.807) is 24.3 Å². The maximum atomic E-state index is 13.5. The Morgan fingerprint density at radius 1 is 1.24 bits per heavy atom. The number of ether oxygens (including phenoxy) is 5. The Kier molecular flexibility index (Phi) is 9.58. The van der Waals surface area contributed by atoms with E-state index in [0.29, 0.717) is 10.6 Å². The Hall–Kier alpha value is -3.89. The standard InChI is InChI=1S/C22H23ClN5O13P/c1-34-20(31)38-16-17(39-21(32)35-2)22(26-27-24,40-18(16)28-8-6-15(29)25-19(28)30)11-37-42(33)36-9-7-14(41-42)12-4-3-5-13(23)10-12/h3-6,8,10,14,16-18H,7,9,11H2,1-2H3,(H,25,29,30)/t14-,16+,17-,18?,22+,42+/m0/s1. The molecule has 0 amide bonds. The number of methoxy groups -OCH3 is 2. The predicted molar refractivity (Wildman–Crippen MR) is 137 cm³/mol. The van der Waals surface area contributed by atoms with Crippen molar-refractivity contribution in [1.82, 2.24) is 9.55 Å². The third kappa shape index (κ3) is 6.77. The van der Waals surface area contributed by atoms with E-state index < -0.39 is 68.3 Å². The summed E-state index contributed by atoms with van der Waals surface area (Å²) in [5.41, 5.74) is 5.71. The highest BCUT2D eigenvalue weighted by Gasteiger charge is 2.62. The van der Waals surface area contributed by atoms with Gasteiger partial charge in [0.15, 0.2) is 18.4 Å². The highest BCUT2D eigenvalue weighted by Crippen LogP contribution is 2.58. The van der Waals surface area contributed by atoms with Gasteiger partial charge >= 0.3 is 25.8 Å². The summed E-state index contributed by atoms with van der Waals surface area (Å²) in [5, 5.41) is 3.97. The average Bonchev–Trinajstić information content (AvgIpc) is 3.24. The number of H-pyrrole nitrogens is 1. The molecule has 1 unspecified atom stereocenters. The number of phosphoric ester groups is 1. The highest BCUT2D eigenvalue weighted by atomic mass is 35.5. The number of carbonyl (C=O) groups is 2. The molecule has 18 nitrogen and oxygen atoms in total.